The highest BCUT2D eigenvalue weighted by Crippen LogP contribution is 2.26. The van der Waals surface area contributed by atoms with Crippen LogP contribution in [-0.2, 0) is 37.8 Å². The summed E-state index contributed by atoms with van der Waals surface area (Å²) >= 11 is 0. The van der Waals surface area contributed by atoms with E-state index in [4.69, 9.17) is 4.74 Å². The highest BCUT2D eigenvalue weighted by atomic mass is 16.5. The lowest BCUT2D eigenvalue weighted by Gasteiger charge is -2.27. The van der Waals surface area contributed by atoms with E-state index >= 15 is 0 Å². The maximum atomic E-state index is 12.6. The Hall–Kier alpha value is -2.93. The quantitative estimate of drug-likeness (QED) is 0.603. The van der Waals surface area contributed by atoms with E-state index in [0.717, 1.165) is 36.5 Å². The van der Waals surface area contributed by atoms with Gasteiger partial charge in [0.05, 0.1) is 18.8 Å². The number of benzene rings is 1. The number of esters is 1. The largest absolute Gasteiger partial charge is 0.461 e. The molecule has 0 fully saturated rings. The maximum absolute atomic E-state index is 12.6. The van der Waals surface area contributed by atoms with Crippen LogP contribution in [0.1, 0.15) is 45.5 Å². The first-order valence-electron chi connectivity index (χ1n) is 10.1. The smallest absolute Gasteiger partial charge is 0.359 e. The van der Waals surface area contributed by atoms with Gasteiger partial charge < -0.3 is 4.74 Å². The number of aromatic nitrogens is 4. The van der Waals surface area contributed by atoms with E-state index in [1.165, 1.54) is 11.1 Å². The van der Waals surface area contributed by atoms with Crippen LogP contribution in [-0.4, -0.2) is 43.6 Å². The van der Waals surface area contributed by atoms with Crippen molar-refractivity contribution in [1.82, 2.24) is 24.5 Å². The van der Waals surface area contributed by atoms with E-state index in [1.54, 1.807) is 0 Å². The lowest BCUT2D eigenvalue weighted by molar-refractivity contribution is 0.0515. The first-order chi connectivity index (χ1) is 14.0. The molecule has 7 nitrogen and oxygen atoms in total. The number of fused-ring (bicyclic) bond motifs is 1. The van der Waals surface area contributed by atoms with Crippen LogP contribution >= 0.6 is 0 Å². The van der Waals surface area contributed by atoms with Gasteiger partial charge in [0, 0.05) is 56.1 Å². The van der Waals surface area contributed by atoms with E-state index in [0.29, 0.717) is 25.4 Å². The molecule has 0 unspecified atom stereocenters. The summed E-state index contributed by atoms with van der Waals surface area (Å²) in [5.74, 6) is -0.338. The number of hydrogen-bond acceptors (Lipinski definition) is 5. The van der Waals surface area contributed by atoms with E-state index in [9.17, 15) is 4.79 Å². The SMILES string of the molecule is CCOC(=O)c1nn(Cc2ccccc2)c2c1CN(Cc1cn(C)nc1C)CC2. The standard InChI is InChI=1S/C22H27N5O2/c1-4-29-22(28)21-19-15-26(14-18-13-25(3)23-16(18)2)11-10-20(19)27(24-21)12-17-8-6-5-7-9-17/h5-9,13H,4,10-12,14-15H2,1-3H3. The van der Waals surface area contributed by atoms with Gasteiger partial charge in [-0.05, 0) is 19.4 Å². The van der Waals surface area contributed by atoms with Crippen LogP contribution in [0.4, 0.5) is 0 Å². The Balaban J connectivity index is 1.62. The second kappa shape index (κ2) is 8.21. The molecule has 29 heavy (non-hydrogen) atoms. The van der Waals surface area contributed by atoms with E-state index < -0.39 is 0 Å². The number of carbonyl (C=O) groups excluding carboxylic acids is 1. The number of carbonyl (C=O) groups is 1. The Morgan fingerprint density at radius 2 is 1.97 bits per heavy atom. The predicted octanol–water partition coefficient (Wildman–Crippen LogP) is 2.71. The van der Waals surface area contributed by atoms with Gasteiger partial charge in [-0.3, -0.25) is 14.3 Å². The summed E-state index contributed by atoms with van der Waals surface area (Å²) in [5.41, 5.74) is 6.00. The molecule has 1 aromatic carbocycles. The zero-order valence-corrected chi connectivity index (χ0v) is 17.3. The molecule has 0 aliphatic carbocycles. The van der Waals surface area contributed by atoms with Gasteiger partial charge in [0.25, 0.3) is 0 Å². The van der Waals surface area contributed by atoms with Crippen LogP contribution in [0, 0.1) is 6.92 Å². The minimum atomic E-state index is -0.338. The fraction of sp³-hybridized carbons (Fsp3) is 0.409. The Morgan fingerprint density at radius 1 is 1.17 bits per heavy atom. The van der Waals surface area contributed by atoms with Crippen LogP contribution in [0.15, 0.2) is 36.5 Å². The molecule has 0 spiro atoms. The first kappa shape index (κ1) is 19.4. The van der Waals surface area contributed by atoms with Crippen molar-refractivity contribution in [3.8, 4) is 0 Å². The molecule has 0 bridgehead atoms. The molecule has 4 rings (SSSR count). The van der Waals surface area contributed by atoms with Gasteiger partial charge in [0.15, 0.2) is 5.69 Å². The van der Waals surface area contributed by atoms with Crippen molar-refractivity contribution in [3.63, 3.8) is 0 Å². The Morgan fingerprint density at radius 3 is 2.66 bits per heavy atom. The molecule has 0 atom stereocenters. The molecule has 0 saturated carbocycles. The summed E-state index contributed by atoms with van der Waals surface area (Å²) in [4.78, 5) is 14.9. The highest BCUT2D eigenvalue weighted by molar-refractivity contribution is 5.89. The fourth-order valence-corrected chi connectivity index (χ4v) is 3.98. The average molecular weight is 393 g/mol. The molecule has 152 valence electrons. The van der Waals surface area contributed by atoms with Crippen molar-refractivity contribution in [1.29, 1.82) is 0 Å². The van der Waals surface area contributed by atoms with Crippen LogP contribution in [0.3, 0.4) is 0 Å². The van der Waals surface area contributed by atoms with Crippen molar-refractivity contribution < 1.29 is 9.53 Å². The van der Waals surface area contributed by atoms with Gasteiger partial charge in [0.2, 0.25) is 0 Å². The number of hydrogen-bond donors (Lipinski definition) is 0. The van der Waals surface area contributed by atoms with Gasteiger partial charge in [-0.1, -0.05) is 30.3 Å². The molecule has 3 aromatic rings. The molecule has 0 saturated heterocycles. The normalized spacial score (nSPS) is 14.0. The second-order valence-electron chi connectivity index (χ2n) is 7.51. The third kappa shape index (κ3) is 4.10. The fourth-order valence-electron chi connectivity index (χ4n) is 3.98. The monoisotopic (exact) mass is 393 g/mol. The van der Waals surface area contributed by atoms with Gasteiger partial charge in [-0.2, -0.15) is 10.2 Å². The molecule has 7 heteroatoms. The summed E-state index contributed by atoms with van der Waals surface area (Å²) in [6.45, 7) is 7.28. The number of rotatable bonds is 6. The van der Waals surface area contributed by atoms with Gasteiger partial charge in [-0.15, -0.1) is 0 Å². The Kier molecular flexibility index (Phi) is 5.49. The zero-order chi connectivity index (χ0) is 20.4. The predicted molar refractivity (Wildman–Crippen MR) is 109 cm³/mol. The lowest BCUT2D eigenvalue weighted by Crippen LogP contribution is -2.31. The van der Waals surface area contributed by atoms with Crippen LogP contribution < -0.4 is 0 Å². The lowest BCUT2D eigenvalue weighted by atomic mass is 10.0. The Labute approximate surface area is 170 Å². The third-order valence-corrected chi connectivity index (χ3v) is 5.37. The summed E-state index contributed by atoms with van der Waals surface area (Å²) in [7, 11) is 1.94. The summed E-state index contributed by atoms with van der Waals surface area (Å²) in [6, 6.07) is 10.2. The van der Waals surface area contributed by atoms with E-state index in [1.807, 2.05) is 48.5 Å². The van der Waals surface area contributed by atoms with E-state index in [-0.39, 0.29) is 5.97 Å². The molecule has 2 aromatic heterocycles. The highest BCUT2D eigenvalue weighted by Gasteiger charge is 2.29. The topological polar surface area (TPSA) is 65.2 Å². The number of ether oxygens (including phenoxy) is 1. The van der Waals surface area contributed by atoms with Crippen molar-refractivity contribution >= 4 is 5.97 Å². The number of nitrogens with zero attached hydrogens (tertiary/aromatic N) is 5. The van der Waals surface area contributed by atoms with Crippen molar-refractivity contribution in [2.24, 2.45) is 7.05 Å². The van der Waals surface area contributed by atoms with Gasteiger partial charge in [-0.25, -0.2) is 4.79 Å². The minimum Gasteiger partial charge on any atom is -0.461 e. The Bertz CT molecular complexity index is 1010. The van der Waals surface area contributed by atoms with Crippen LogP contribution in [0.25, 0.3) is 0 Å². The minimum absolute atomic E-state index is 0.338. The van der Waals surface area contributed by atoms with Crippen LogP contribution in [0.2, 0.25) is 0 Å². The van der Waals surface area contributed by atoms with Crippen LogP contribution in [0.5, 0.6) is 0 Å². The summed E-state index contributed by atoms with van der Waals surface area (Å²) < 4.78 is 9.11. The molecule has 0 amide bonds. The van der Waals surface area contributed by atoms with Crippen molar-refractivity contribution in [2.75, 3.05) is 13.2 Å². The van der Waals surface area contributed by atoms with Gasteiger partial charge in [0.1, 0.15) is 0 Å². The van der Waals surface area contributed by atoms with Crippen molar-refractivity contribution in [3.05, 3.63) is 70.3 Å². The first-order valence-corrected chi connectivity index (χ1v) is 10.1. The van der Waals surface area contributed by atoms with E-state index in [2.05, 4.69) is 33.4 Å². The molecule has 1 aliphatic rings. The second-order valence-corrected chi connectivity index (χ2v) is 7.51. The third-order valence-electron chi connectivity index (χ3n) is 5.37. The van der Waals surface area contributed by atoms with Crippen molar-refractivity contribution in [2.45, 2.75) is 39.9 Å². The zero-order valence-electron chi connectivity index (χ0n) is 17.3. The summed E-state index contributed by atoms with van der Waals surface area (Å²) in [6.07, 6.45) is 2.92. The molecule has 0 radical (unpaired) electrons. The number of aryl methyl sites for hydroxylation is 2. The maximum Gasteiger partial charge on any atom is 0.359 e. The van der Waals surface area contributed by atoms with Gasteiger partial charge >= 0.3 is 5.97 Å². The molecule has 1 aliphatic heterocycles. The summed E-state index contributed by atoms with van der Waals surface area (Å²) in [5, 5.41) is 9.11. The average Bonchev–Trinajstić information content (AvgIpc) is 3.22. The molecule has 3 heterocycles. The molecular formula is C22H27N5O2. The molecule has 0 N–H and O–H groups in total. The molecular weight excluding hydrogens is 366 g/mol.